The van der Waals surface area contributed by atoms with E-state index in [0.717, 1.165) is 29.0 Å². The highest BCUT2D eigenvalue weighted by molar-refractivity contribution is 7.09. The van der Waals surface area contributed by atoms with E-state index in [0.29, 0.717) is 12.8 Å². The van der Waals surface area contributed by atoms with Gasteiger partial charge in [-0.05, 0) is 31.9 Å². The summed E-state index contributed by atoms with van der Waals surface area (Å²) >= 11 is 1.54. The molecule has 2 heterocycles. The fraction of sp³-hybridized carbons (Fsp3) is 0.357. The van der Waals surface area contributed by atoms with E-state index in [2.05, 4.69) is 15.3 Å². The molecule has 0 unspecified atom stereocenters. The lowest BCUT2D eigenvalue weighted by molar-refractivity contribution is -0.137. The van der Waals surface area contributed by atoms with Gasteiger partial charge in [0.2, 0.25) is 5.91 Å². The topological polar surface area (TPSA) is 54.9 Å². The Bertz CT molecular complexity index is 655. The molecule has 0 aromatic carbocycles. The zero-order valence-electron chi connectivity index (χ0n) is 11.8. The molecule has 0 aliphatic heterocycles. The van der Waals surface area contributed by atoms with E-state index in [-0.39, 0.29) is 18.1 Å². The van der Waals surface area contributed by atoms with Crippen LogP contribution in [0.15, 0.2) is 23.7 Å². The number of halogens is 3. The van der Waals surface area contributed by atoms with Crippen LogP contribution in [-0.4, -0.2) is 15.9 Å². The molecule has 4 nitrogen and oxygen atoms in total. The van der Waals surface area contributed by atoms with E-state index in [1.165, 1.54) is 0 Å². The summed E-state index contributed by atoms with van der Waals surface area (Å²) in [5.41, 5.74) is 0.0863. The SMILES string of the molecule is Cc1nc(CCCC(=O)Nc2cc(C(F)(F)F)ccn2)cs1. The van der Waals surface area contributed by atoms with Crippen molar-refractivity contribution in [1.29, 1.82) is 0 Å². The predicted molar refractivity (Wildman–Crippen MR) is 77.7 cm³/mol. The second kappa shape index (κ2) is 6.87. The molecule has 1 N–H and O–H groups in total. The minimum absolute atomic E-state index is 0.0932. The van der Waals surface area contributed by atoms with Crippen LogP contribution in [0.4, 0.5) is 19.0 Å². The lowest BCUT2D eigenvalue weighted by atomic mass is 10.2. The Morgan fingerprint density at radius 1 is 1.41 bits per heavy atom. The van der Waals surface area contributed by atoms with Crippen LogP contribution in [0, 0.1) is 6.92 Å². The number of hydrogen-bond acceptors (Lipinski definition) is 4. The Morgan fingerprint density at radius 2 is 2.18 bits per heavy atom. The summed E-state index contributed by atoms with van der Waals surface area (Å²) < 4.78 is 37.7. The largest absolute Gasteiger partial charge is 0.416 e. The lowest BCUT2D eigenvalue weighted by Gasteiger charge is -2.08. The number of thiazole rings is 1. The average molecular weight is 329 g/mol. The number of alkyl halides is 3. The minimum Gasteiger partial charge on any atom is -0.311 e. The Balaban J connectivity index is 1.84. The predicted octanol–water partition coefficient (Wildman–Crippen LogP) is 3.83. The van der Waals surface area contributed by atoms with Gasteiger partial charge >= 0.3 is 6.18 Å². The Kier molecular flexibility index (Phi) is 5.12. The summed E-state index contributed by atoms with van der Waals surface area (Å²) in [6.07, 6.45) is -1.99. The number of pyridine rings is 1. The number of anilines is 1. The molecule has 118 valence electrons. The Labute approximate surface area is 129 Å². The third kappa shape index (κ3) is 4.80. The molecule has 0 spiro atoms. The summed E-state index contributed by atoms with van der Waals surface area (Å²) in [4.78, 5) is 19.7. The van der Waals surface area contributed by atoms with Crippen molar-refractivity contribution in [1.82, 2.24) is 9.97 Å². The van der Waals surface area contributed by atoms with Crippen LogP contribution in [0.25, 0.3) is 0 Å². The van der Waals surface area contributed by atoms with E-state index >= 15 is 0 Å². The number of aromatic nitrogens is 2. The highest BCUT2D eigenvalue weighted by Gasteiger charge is 2.30. The molecule has 2 aromatic heterocycles. The van der Waals surface area contributed by atoms with Crippen molar-refractivity contribution >= 4 is 23.1 Å². The van der Waals surface area contributed by atoms with Gasteiger partial charge in [-0.1, -0.05) is 0 Å². The third-order valence-electron chi connectivity index (χ3n) is 2.86. The number of carbonyl (C=O) groups is 1. The Morgan fingerprint density at radius 3 is 2.82 bits per heavy atom. The molecule has 1 amide bonds. The van der Waals surface area contributed by atoms with Gasteiger partial charge in [0.25, 0.3) is 0 Å². The first-order chi connectivity index (χ1) is 10.3. The number of carbonyl (C=O) groups excluding carboxylic acids is 1. The second-order valence-electron chi connectivity index (χ2n) is 4.69. The molecule has 0 radical (unpaired) electrons. The molecular weight excluding hydrogens is 315 g/mol. The van der Waals surface area contributed by atoms with Gasteiger partial charge < -0.3 is 5.32 Å². The third-order valence-corrected chi connectivity index (χ3v) is 3.68. The van der Waals surface area contributed by atoms with Crippen LogP contribution in [0.3, 0.4) is 0 Å². The molecule has 22 heavy (non-hydrogen) atoms. The summed E-state index contributed by atoms with van der Waals surface area (Å²) in [5.74, 6) is -0.455. The van der Waals surface area contributed by atoms with E-state index in [1.807, 2.05) is 12.3 Å². The molecule has 0 aliphatic rings. The van der Waals surface area contributed by atoms with Crippen molar-refractivity contribution in [2.24, 2.45) is 0 Å². The van der Waals surface area contributed by atoms with Gasteiger partial charge in [-0.2, -0.15) is 13.2 Å². The van der Waals surface area contributed by atoms with E-state index in [4.69, 9.17) is 0 Å². The van der Waals surface area contributed by atoms with E-state index < -0.39 is 11.7 Å². The number of aryl methyl sites for hydroxylation is 2. The quantitative estimate of drug-likeness (QED) is 0.907. The molecular formula is C14H14F3N3OS. The average Bonchev–Trinajstić information content (AvgIpc) is 2.84. The van der Waals surface area contributed by atoms with Crippen LogP contribution in [0.2, 0.25) is 0 Å². The maximum Gasteiger partial charge on any atom is 0.416 e. The van der Waals surface area contributed by atoms with Crippen molar-refractivity contribution < 1.29 is 18.0 Å². The Hall–Kier alpha value is -1.96. The standard InChI is InChI=1S/C14H14F3N3OS/c1-9-19-11(8-22-9)3-2-4-13(21)20-12-7-10(5-6-18-12)14(15,16)17/h5-8H,2-4H2,1H3,(H,18,20,21). The number of nitrogens with one attached hydrogen (secondary N) is 1. The van der Waals surface area contributed by atoms with Crippen molar-refractivity contribution in [2.75, 3.05) is 5.32 Å². The van der Waals surface area contributed by atoms with Crippen molar-refractivity contribution in [3.8, 4) is 0 Å². The van der Waals surface area contributed by atoms with Gasteiger partial charge in [-0.3, -0.25) is 4.79 Å². The molecule has 0 saturated carbocycles. The zero-order chi connectivity index (χ0) is 16.2. The number of amides is 1. The number of rotatable bonds is 5. The van der Waals surface area contributed by atoms with Gasteiger partial charge in [0, 0.05) is 18.0 Å². The smallest absolute Gasteiger partial charge is 0.311 e. The van der Waals surface area contributed by atoms with E-state index in [1.54, 1.807) is 11.3 Å². The second-order valence-corrected chi connectivity index (χ2v) is 5.75. The van der Waals surface area contributed by atoms with Crippen molar-refractivity contribution in [3.05, 3.63) is 40.0 Å². The van der Waals surface area contributed by atoms with Crippen LogP contribution in [0.1, 0.15) is 29.1 Å². The first-order valence-corrected chi connectivity index (χ1v) is 7.46. The minimum atomic E-state index is -4.45. The fourth-order valence-corrected chi connectivity index (χ4v) is 2.48. The van der Waals surface area contributed by atoms with Gasteiger partial charge in [0.15, 0.2) is 0 Å². The van der Waals surface area contributed by atoms with Crippen LogP contribution in [0.5, 0.6) is 0 Å². The highest BCUT2D eigenvalue weighted by atomic mass is 32.1. The summed E-state index contributed by atoms with van der Waals surface area (Å²) in [6, 6.07) is 1.68. The van der Waals surface area contributed by atoms with Crippen molar-refractivity contribution in [3.63, 3.8) is 0 Å². The van der Waals surface area contributed by atoms with Crippen LogP contribution >= 0.6 is 11.3 Å². The molecule has 2 aromatic rings. The van der Waals surface area contributed by atoms with E-state index in [9.17, 15) is 18.0 Å². The first-order valence-electron chi connectivity index (χ1n) is 6.59. The number of hydrogen-bond donors (Lipinski definition) is 1. The van der Waals surface area contributed by atoms with Gasteiger partial charge in [-0.25, -0.2) is 9.97 Å². The van der Waals surface area contributed by atoms with Crippen LogP contribution < -0.4 is 5.32 Å². The molecule has 0 bridgehead atoms. The van der Waals surface area contributed by atoms with Gasteiger partial charge in [-0.15, -0.1) is 11.3 Å². The molecule has 0 atom stereocenters. The first kappa shape index (κ1) is 16.4. The van der Waals surface area contributed by atoms with Crippen molar-refractivity contribution in [2.45, 2.75) is 32.4 Å². The number of nitrogens with zero attached hydrogens (tertiary/aromatic N) is 2. The van der Waals surface area contributed by atoms with Crippen LogP contribution in [-0.2, 0) is 17.4 Å². The molecule has 0 saturated heterocycles. The monoisotopic (exact) mass is 329 g/mol. The molecule has 8 heteroatoms. The lowest BCUT2D eigenvalue weighted by Crippen LogP contribution is -2.14. The summed E-state index contributed by atoms with van der Waals surface area (Å²) in [6.45, 7) is 1.90. The normalized spacial score (nSPS) is 11.5. The maximum atomic E-state index is 12.6. The van der Waals surface area contributed by atoms with Gasteiger partial charge in [0.1, 0.15) is 5.82 Å². The maximum absolute atomic E-state index is 12.6. The molecule has 2 rings (SSSR count). The highest BCUT2D eigenvalue weighted by Crippen LogP contribution is 2.29. The molecule has 0 fully saturated rings. The summed E-state index contributed by atoms with van der Waals surface area (Å²) in [5, 5.41) is 5.28. The summed E-state index contributed by atoms with van der Waals surface area (Å²) in [7, 11) is 0. The molecule has 0 aliphatic carbocycles. The van der Waals surface area contributed by atoms with Gasteiger partial charge in [0.05, 0.1) is 16.3 Å². The fourth-order valence-electron chi connectivity index (χ4n) is 1.83. The zero-order valence-corrected chi connectivity index (χ0v) is 12.6.